The van der Waals surface area contributed by atoms with E-state index >= 15 is 0 Å². The van der Waals surface area contributed by atoms with Crippen LogP contribution in [0, 0.1) is 0 Å². The van der Waals surface area contributed by atoms with Gasteiger partial charge in [-0.3, -0.25) is 9.69 Å². The highest BCUT2D eigenvalue weighted by Gasteiger charge is 2.37. The minimum absolute atomic E-state index is 0.210. The number of primary amides is 1. The fourth-order valence-electron chi connectivity index (χ4n) is 4.17. The van der Waals surface area contributed by atoms with Crippen molar-refractivity contribution in [2.45, 2.75) is 49.6 Å². The van der Waals surface area contributed by atoms with Crippen LogP contribution in [0.4, 0.5) is 0 Å². The number of piperidine rings is 1. The van der Waals surface area contributed by atoms with Gasteiger partial charge in [-0.15, -0.1) is 0 Å². The summed E-state index contributed by atoms with van der Waals surface area (Å²) in [7, 11) is -3.54. The zero-order valence-electron chi connectivity index (χ0n) is 17.0. The van der Waals surface area contributed by atoms with Gasteiger partial charge in [0.05, 0.1) is 17.5 Å². The quantitative estimate of drug-likeness (QED) is 0.597. The van der Waals surface area contributed by atoms with Gasteiger partial charge in [-0.2, -0.15) is 4.31 Å². The molecule has 2 aliphatic heterocycles. The summed E-state index contributed by atoms with van der Waals surface area (Å²) in [6, 6.07) is 6.52. The molecule has 0 aliphatic carbocycles. The van der Waals surface area contributed by atoms with Gasteiger partial charge in [-0.25, -0.2) is 8.42 Å². The molecule has 0 bridgehead atoms. The number of rotatable bonds is 9. The maximum absolute atomic E-state index is 13.0. The monoisotopic (exact) mass is 425 g/mol. The van der Waals surface area contributed by atoms with E-state index in [9.17, 15) is 13.2 Å². The maximum Gasteiger partial charge on any atom is 0.243 e. The lowest BCUT2D eigenvalue weighted by Gasteiger charge is -2.38. The van der Waals surface area contributed by atoms with E-state index in [-0.39, 0.29) is 22.9 Å². The molecule has 1 atom stereocenters. The number of carbonyl (C=O) groups excluding carboxylic acids is 1. The first-order chi connectivity index (χ1) is 13.9. The predicted octanol–water partition coefficient (Wildman–Crippen LogP) is 1.20. The van der Waals surface area contributed by atoms with E-state index in [0.29, 0.717) is 51.5 Å². The normalized spacial score (nSPS) is 22.0. The van der Waals surface area contributed by atoms with Crippen molar-refractivity contribution in [1.29, 1.82) is 0 Å². The Labute approximate surface area is 173 Å². The maximum atomic E-state index is 13.0. The largest absolute Gasteiger partial charge is 0.491 e. The Bertz CT molecular complexity index is 776. The lowest BCUT2D eigenvalue weighted by Crippen LogP contribution is -2.51. The van der Waals surface area contributed by atoms with Crippen molar-refractivity contribution in [3.63, 3.8) is 0 Å². The Morgan fingerprint density at radius 1 is 1.10 bits per heavy atom. The minimum Gasteiger partial charge on any atom is -0.491 e. The van der Waals surface area contributed by atoms with Crippen molar-refractivity contribution in [3.05, 3.63) is 24.3 Å². The molecule has 2 aliphatic rings. The average Bonchev–Trinajstić information content (AvgIpc) is 3.22. The predicted molar refractivity (Wildman–Crippen MR) is 109 cm³/mol. The number of carbonyl (C=O) groups is 1. The molecule has 2 fully saturated rings. The molecule has 0 spiro atoms. The lowest BCUT2D eigenvalue weighted by molar-refractivity contribution is -0.123. The molecular weight excluding hydrogens is 394 g/mol. The molecule has 8 nitrogen and oxygen atoms in total. The summed E-state index contributed by atoms with van der Waals surface area (Å²) < 4.78 is 38.2. The molecule has 1 unspecified atom stereocenters. The lowest BCUT2D eigenvalue weighted by atomic mass is 10.0. The number of amides is 1. The van der Waals surface area contributed by atoms with Crippen LogP contribution in [0.2, 0.25) is 0 Å². The summed E-state index contributed by atoms with van der Waals surface area (Å²) in [5, 5.41) is 0. The first-order valence-corrected chi connectivity index (χ1v) is 11.7. The van der Waals surface area contributed by atoms with Gasteiger partial charge in [-0.05, 0) is 63.4 Å². The molecule has 0 saturated carbocycles. The van der Waals surface area contributed by atoms with Crippen molar-refractivity contribution in [3.8, 4) is 5.75 Å². The van der Waals surface area contributed by atoms with Crippen molar-refractivity contribution >= 4 is 15.9 Å². The van der Waals surface area contributed by atoms with E-state index < -0.39 is 10.0 Å². The van der Waals surface area contributed by atoms with E-state index in [1.54, 1.807) is 24.3 Å². The van der Waals surface area contributed by atoms with E-state index in [1.807, 2.05) is 6.92 Å². The van der Waals surface area contributed by atoms with Crippen molar-refractivity contribution in [2.75, 3.05) is 39.5 Å². The highest BCUT2D eigenvalue weighted by molar-refractivity contribution is 7.89. The average molecular weight is 426 g/mol. The topological polar surface area (TPSA) is 102 Å². The molecule has 29 heavy (non-hydrogen) atoms. The molecule has 0 aromatic heterocycles. The van der Waals surface area contributed by atoms with Crippen LogP contribution >= 0.6 is 0 Å². The summed E-state index contributed by atoms with van der Waals surface area (Å²) >= 11 is 0. The first-order valence-electron chi connectivity index (χ1n) is 10.3. The highest BCUT2D eigenvalue weighted by Crippen LogP contribution is 2.28. The molecule has 1 aromatic carbocycles. The van der Waals surface area contributed by atoms with Gasteiger partial charge in [-0.1, -0.05) is 0 Å². The van der Waals surface area contributed by atoms with Crippen LogP contribution in [-0.4, -0.2) is 75.1 Å². The van der Waals surface area contributed by atoms with Crippen LogP contribution in [0.1, 0.15) is 32.6 Å². The molecule has 162 valence electrons. The Morgan fingerprint density at radius 2 is 1.79 bits per heavy atom. The van der Waals surface area contributed by atoms with Gasteiger partial charge >= 0.3 is 0 Å². The van der Waals surface area contributed by atoms with Crippen LogP contribution in [0.15, 0.2) is 29.2 Å². The van der Waals surface area contributed by atoms with E-state index in [2.05, 4.69) is 4.90 Å². The number of likely N-dealkylation sites (tertiary alicyclic amines) is 1. The Balaban J connectivity index is 1.56. The van der Waals surface area contributed by atoms with Crippen molar-refractivity contribution in [2.24, 2.45) is 5.73 Å². The van der Waals surface area contributed by atoms with Crippen LogP contribution < -0.4 is 10.5 Å². The van der Waals surface area contributed by atoms with Gasteiger partial charge in [0.15, 0.2) is 0 Å². The van der Waals surface area contributed by atoms with Gasteiger partial charge in [0.1, 0.15) is 12.4 Å². The fraction of sp³-hybridized carbons (Fsp3) is 0.650. The second kappa shape index (κ2) is 9.88. The van der Waals surface area contributed by atoms with Gasteiger partial charge in [0.25, 0.3) is 0 Å². The van der Waals surface area contributed by atoms with Crippen molar-refractivity contribution in [1.82, 2.24) is 9.21 Å². The third kappa shape index (κ3) is 5.28. The van der Waals surface area contributed by atoms with E-state index in [1.165, 1.54) is 4.31 Å². The number of sulfonamides is 1. The first kappa shape index (κ1) is 22.0. The molecule has 3 rings (SSSR count). The number of benzene rings is 1. The third-order valence-corrected chi connectivity index (χ3v) is 7.59. The summed E-state index contributed by atoms with van der Waals surface area (Å²) in [5.41, 5.74) is 5.52. The number of nitrogens with two attached hydrogens (primary N) is 1. The molecule has 2 heterocycles. The second-order valence-corrected chi connectivity index (χ2v) is 9.39. The molecule has 1 amide bonds. The number of hydrogen-bond donors (Lipinski definition) is 1. The Hall–Kier alpha value is -1.68. The van der Waals surface area contributed by atoms with Crippen LogP contribution in [0.5, 0.6) is 5.75 Å². The molecule has 1 aromatic rings. The Kier molecular flexibility index (Phi) is 7.50. The zero-order valence-corrected chi connectivity index (χ0v) is 17.8. The number of ether oxygens (including phenoxy) is 2. The molecular formula is C20H31N3O5S. The van der Waals surface area contributed by atoms with E-state index in [4.69, 9.17) is 15.2 Å². The SMILES string of the molecule is CCOCCOc1ccc(S(=O)(=O)N2CCC(N3CCCC3C(N)=O)CC2)cc1. The highest BCUT2D eigenvalue weighted by atomic mass is 32.2. The summed E-state index contributed by atoms with van der Waals surface area (Å²) in [4.78, 5) is 14.1. The van der Waals surface area contributed by atoms with Gasteiger partial charge in [0.2, 0.25) is 15.9 Å². The van der Waals surface area contributed by atoms with Crippen LogP contribution in [0.25, 0.3) is 0 Å². The number of nitrogens with zero attached hydrogens (tertiary/aromatic N) is 2. The van der Waals surface area contributed by atoms with Crippen LogP contribution in [0.3, 0.4) is 0 Å². The summed E-state index contributed by atoms with van der Waals surface area (Å²) in [6.07, 6.45) is 3.18. The minimum atomic E-state index is -3.54. The standard InChI is InChI=1S/C20H31N3O5S/c1-2-27-14-15-28-17-5-7-18(8-6-17)29(25,26)22-12-9-16(10-13-22)23-11-3-4-19(23)20(21)24/h5-8,16,19H,2-4,9-15H2,1H3,(H2,21,24). The molecule has 2 saturated heterocycles. The van der Waals surface area contributed by atoms with Gasteiger partial charge in [0, 0.05) is 25.7 Å². The molecule has 0 radical (unpaired) electrons. The summed E-state index contributed by atoms with van der Waals surface area (Å²) in [6.45, 7) is 5.23. The van der Waals surface area contributed by atoms with Crippen molar-refractivity contribution < 1.29 is 22.7 Å². The Morgan fingerprint density at radius 3 is 2.41 bits per heavy atom. The molecule has 9 heteroatoms. The van der Waals surface area contributed by atoms with E-state index in [0.717, 1.165) is 19.4 Å². The van der Waals surface area contributed by atoms with Gasteiger partial charge < -0.3 is 15.2 Å². The third-order valence-electron chi connectivity index (χ3n) is 5.68. The molecule has 2 N–H and O–H groups in total. The van der Waals surface area contributed by atoms with Crippen LogP contribution in [-0.2, 0) is 19.6 Å². The zero-order chi connectivity index (χ0) is 20.9. The number of hydrogen-bond acceptors (Lipinski definition) is 6. The smallest absolute Gasteiger partial charge is 0.243 e. The second-order valence-electron chi connectivity index (χ2n) is 7.45. The fourth-order valence-corrected chi connectivity index (χ4v) is 5.64. The summed E-state index contributed by atoms with van der Waals surface area (Å²) in [5.74, 6) is 0.343.